The van der Waals surface area contributed by atoms with Crippen LogP contribution in [0.1, 0.15) is 30.3 Å². The molecule has 1 N–H and O–H groups in total. The van der Waals surface area contributed by atoms with Gasteiger partial charge in [-0.1, -0.05) is 6.92 Å². The average molecular weight is 343 g/mol. The van der Waals surface area contributed by atoms with E-state index in [1.807, 2.05) is 11.3 Å². The zero-order valence-electron chi connectivity index (χ0n) is 10.2. The zero-order valence-corrected chi connectivity index (χ0v) is 13.4. The van der Waals surface area contributed by atoms with Crippen molar-refractivity contribution in [2.24, 2.45) is 0 Å². The Morgan fingerprint density at radius 2 is 2.33 bits per heavy atom. The highest BCUT2D eigenvalue weighted by molar-refractivity contribution is 9.10. The Balaban J connectivity index is 1.82. The van der Waals surface area contributed by atoms with Gasteiger partial charge in [-0.2, -0.15) is 0 Å². The van der Waals surface area contributed by atoms with Gasteiger partial charge in [0.05, 0.1) is 10.6 Å². The van der Waals surface area contributed by atoms with Gasteiger partial charge in [0, 0.05) is 27.3 Å². The number of halogens is 1. The first kappa shape index (κ1) is 12.8. The molecule has 2 heterocycles. The third kappa shape index (κ3) is 2.85. The molecule has 0 amide bonds. The van der Waals surface area contributed by atoms with Crippen LogP contribution in [0.4, 0.5) is 0 Å². The summed E-state index contributed by atoms with van der Waals surface area (Å²) in [6.45, 7) is 3.17. The summed E-state index contributed by atoms with van der Waals surface area (Å²) in [7, 11) is 0. The fourth-order valence-electron chi connectivity index (χ4n) is 1.85. The summed E-state index contributed by atoms with van der Waals surface area (Å²) in [5, 5.41) is 6.86. The van der Waals surface area contributed by atoms with Crippen molar-refractivity contribution >= 4 is 38.6 Å². The van der Waals surface area contributed by atoms with E-state index in [0.717, 1.165) is 28.5 Å². The molecule has 1 aliphatic carbocycles. The van der Waals surface area contributed by atoms with Crippen LogP contribution in [0.25, 0.3) is 9.88 Å². The number of aryl methyl sites for hydroxylation is 1. The standard InChI is InChI=1S/C13H15BrN2S2/c1-2-10-12(6-15-9-3-4-9)18-13(16-10)11-5-8(14)7-17-11/h5,7,9,15H,2-4,6H2,1H3. The maximum Gasteiger partial charge on any atom is 0.133 e. The van der Waals surface area contributed by atoms with Crippen molar-refractivity contribution in [3.05, 3.63) is 26.5 Å². The predicted octanol–water partition coefficient (Wildman–Crippen LogP) is 4.45. The fourth-order valence-corrected chi connectivity index (χ4v) is 4.44. The summed E-state index contributed by atoms with van der Waals surface area (Å²) in [5.74, 6) is 0. The van der Waals surface area contributed by atoms with E-state index in [1.54, 1.807) is 11.3 Å². The van der Waals surface area contributed by atoms with Crippen molar-refractivity contribution in [1.29, 1.82) is 0 Å². The highest BCUT2D eigenvalue weighted by Crippen LogP contribution is 2.34. The molecule has 3 rings (SSSR count). The van der Waals surface area contributed by atoms with Gasteiger partial charge in [0.2, 0.25) is 0 Å². The molecule has 96 valence electrons. The minimum absolute atomic E-state index is 0.760. The highest BCUT2D eigenvalue weighted by Gasteiger charge is 2.21. The monoisotopic (exact) mass is 342 g/mol. The number of hydrogen-bond acceptors (Lipinski definition) is 4. The second-order valence-electron chi connectivity index (χ2n) is 4.53. The van der Waals surface area contributed by atoms with Crippen LogP contribution in [0.5, 0.6) is 0 Å². The first-order valence-electron chi connectivity index (χ1n) is 6.22. The fraction of sp³-hybridized carbons (Fsp3) is 0.462. The quantitative estimate of drug-likeness (QED) is 0.868. The van der Waals surface area contributed by atoms with E-state index in [-0.39, 0.29) is 0 Å². The lowest BCUT2D eigenvalue weighted by Gasteiger charge is -2.00. The van der Waals surface area contributed by atoms with Gasteiger partial charge in [-0.25, -0.2) is 4.98 Å². The van der Waals surface area contributed by atoms with Crippen LogP contribution in [-0.2, 0) is 13.0 Å². The van der Waals surface area contributed by atoms with Gasteiger partial charge in [-0.3, -0.25) is 0 Å². The SMILES string of the molecule is CCc1nc(-c2cc(Br)cs2)sc1CNC1CC1. The number of aromatic nitrogens is 1. The predicted molar refractivity (Wildman–Crippen MR) is 82.4 cm³/mol. The molecule has 2 aromatic rings. The molecule has 2 nitrogen and oxygen atoms in total. The van der Waals surface area contributed by atoms with Gasteiger partial charge in [0.15, 0.2) is 0 Å². The van der Waals surface area contributed by atoms with E-state index >= 15 is 0 Å². The van der Waals surface area contributed by atoms with Crippen LogP contribution in [-0.4, -0.2) is 11.0 Å². The number of hydrogen-bond donors (Lipinski definition) is 1. The largest absolute Gasteiger partial charge is 0.309 e. The summed E-state index contributed by atoms with van der Waals surface area (Å²) in [5.41, 5.74) is 1.26. The summed E-state index contributed by atoms with van der Waals surface area (Å²) in [6, 6.07) is 2.91. The molecule has 2 aromatic heterocycles. The first-order chi connectivity index (χ1) is 8.76. The topological polar surface area (TPSA) is 24.9 Å². The molecule has 0 bridgehead atoms. The van der Waals surface area contributed by atoms with Crippen molar-refractivity contribution in [2.45, 2.75) is 38.8 Å². The molecule has 5 heteroatoms. The summed E-state index contributed by atoms with van der Waals surface area (Å²) >= 11 is 7.09. The van der Waals surface area contributed by atoms with Gasteiger partial charge in [0.1, 0.15) is 5.01 Å². The minimum Gasteiger partial charge on any atom is -0.309 e. The molecular formula is C13H15BrN2S2. The van der Waals surface area contributed by atoms with Crippen molar-refractivity contribution in [2.75, 3.05) is 0 Å². The van der Waals surface area contributed by atoms with E-state index in [4.69, 9.17) is 4.98 Å². The minimum atomic E-state index is 0.760. The molecule has 0 spiro atoms. The number of thiazole rings is 1. The molecule has 0 saturated heterocycles. The summed E-state index contributed by atoms with van der Waals surface area (Å²) in [6.07, 6.45) is 3.70. The van der Waals surface area contributed by atoms with E-state index in [2.05, 4.69) is 39.6 Å². The van der Waals surface area contributed by atoms with Gasteiger partial charge >= 0.3 is 0 Å². The van der Waals surface area contributed by atoms with Crippen LogP contribution in [0.3, 0.4) is 0 Å². The third-order valence-corrected chi connectivity index (χ3v) is 5.98. The Hall–Kier alpha value is -0.230. The Morgan fingerprint density at radius 3 is 2.94 bits per heavy atom. The van der Waals surface area contributed by atoms with Crippen molar-refractivity contribution in [1.82, 2.24) is 10.3 Å². The van der Waals surface area contributed by atoms with Crippen molar-refractivity contribution in [3.63, 3.8) is 0 Å². The van der Waals surface area contributed by atoms with Crippen LogP contribution in [0, 0.1) is 0 Å². The number of rotatable bonds is 5. The lowest BCUT2D eigenvalue weighted by molar-refractivity contribution is 0.689. The lowest BCUT2D eigenvalue weighted by Crippen LogP contribution is -2.15. The molecule has 0 atom stereocenters. The maximum atomic E-state index is 4.78. The van der Waals surface area contributed by atoms with Crippen LogP contribution in [0.15, 0.2) is 15.9 Å². The van der Waals surface area contributed by atoms with Gasteiger partial charge in [0.25, 0.3) is 0 Å². The van der Waals surface area contributed by atoms with Gasteiger partial charge in [-0.15, -0.1) is 22.7 Å². The number of nitrogens with zero attached hydrogens (tertiary/aromatic N) is 1. The first-order valence-corrected chi connectivity index (χ1v) is 8.71. The molecule has 0 radical (unpaired) electrons. The second-order valence-corrected chi connectivity index (χ2v) is 7.44. The lowest BCUT2D eigenvalue weighted by atomic mass is 10.3. The summed E-state index contributed by atoms with van der Waals surface area (Å²) in [4.78, 5) is 7.45. The molecule has 0 aromatic carbocycles. The molecule has 1 aliphatic rings. The van der Waals surface area contributed by atoms with Crippen LogP contribution in [0.2, 0.25) is 0 Å². The molecule has 18 heavy (non-hydrogen) atoms. The van der Waals surface area contributed by atoms with Crippen LogP contribution >= 0.6 is 38.6 Å². The molecule has 1 fully saturated rings. The normalized spacial score (nSPS) is 15.2. The van der Waals surface area contributed by atoms with Crippen LogP contribution < -0.4 is 5.32 Å². The Labute approximate surface area is 124 Å². The second kappa shape index (κ2) is 5.41. The van der Waals surface area contributed by atoms with Gasteiger partial charge in [-0.05, 0) is 41.3 Å². The summed E-state index contributed by atoms with van der Waals surface area (Å²) < 4.78 is 1.15. The van der Waals surface area contributed by atoms with Crippen molar-refractivity contribution in [3.8, 4) is 9.88 Å². The molecular weight excluding hydrogens is 328 g/mol. The maximum absolute atomic E-state index is 4.78. The zero-order chi connectivity index (χ0) is 12.5. The average Bonchev–Trinajstić information content (AvgIpc) is 2.94. The highest BCUT2D eigenvalue weighted by atomic mass is 79.9. The van der Waals surface area contributed by atoms with Gasteiger partial charge < -0.3 is 5.32 Å². The molecule has 1 saturated carbocycles. The van der Waals surface area contributed by atoms with Crippen molar-refractivity contribution < 1.29 is 0 Å². The van der Waals surface area contributed by atoms with E-state index < -0.39 is 0 Å². The Kier molecular flexibility index (Phi) is 3.84. The Bertz CT molecular complexity index is 543. The smallest absolute Gasteiger partial charge is 0.133 e. The number of nitrogens with one attached hydrogen (secondary N) is 1. The molecule has 0 unspecified atom stereocenters. The van der Waals surface area contributed by atoms with E-state index in [1.165, 1.54) is 28.3 Å². The third-order valence-electron chi connectivity index (χ3n) is 3.02. The molecule has 0 aliphatic heterocycles. The Morgan fingerprint density at radius 1 is 1.50 bits per heavy atom. The van der Waals surface area contributed by atoms with E-state index in [0.29, 0.717) is 0 Å². The van der Waals surface area contributed by atoms with E-state index in [9.17, 15) is 0 Å². The number of thiophene rings is 1.